The van der Waals surface area contributed by atoms with Crippen LogP contribution >= 0.6 is 0 Å². The fraction of sp³-hybridized carbons (Fsp3) is 0.500. The van der Waals surface area contributed by atoms with E-state index in [0.717, 1.165) is 29.9 Å². The largest absolute Gasteiger partial charge is 0.346 e. The van der Waals surface area contributed by atoms with Gasteiger partial charge in [-0.2, -0.15) is 5.10 Å². The molecule has 1 aromatic heterocycles. The Kier molecular flexibility index (Phi) is 6.76. The number of carbonyl (C=O) groups excluding carboxylic acids is 1. The molecule has 0 radical (unpaired) electrons. The summed E-state index contributed by atoms with van der Waals surface area (Å²) in [7, 11) is 4.17. The van der Waals surface area contributed by atoms with Crippen LogP contribution in [0.15, 0.2) is 30.3 Å². The van der Waals surface area contributed by atoms with Crippen molar-refractivity contribution in [3.63, 3.8) is 0 Å². The highest BCUT2D eigenvalue weighted by molar-refractivity contribution is 5.96. The Bertz CT molecular complexity index is 689. The maximum Gasteiger partial charge on any atom is 0.255 e. The lowest BCUT2D eigenvalue weighted by Gasteiger charge is -2.10. The molecule has 0 aliphatic heterocycles. The molecular formula is C20H31N4O+. The van der Waals surface area contributed by atoms with Gasteiger partial charge >= 0.3 is 0 Å². The molecule has 0 saturated heterocycles. The molecular weight excluding hydrogens is 312 g/mol. The van der Waals surface area contributed by atoms with Crippen LogP contribution in [-0.2, 0) is 13.0 Å². The Morgan fingerprint density at radius 3 is 2.52 bits per heavy atom. The standard InChI is InChI=1S/C20H30N4O/c1-15(2)13-18-19(20(25)21-11-12-23(4)5)16(3)24(22-18)14-17-9-7-6-8-10-17/h6-10,15H,11-14H2,1-5H3,(H,21,25)/p+1. The Labute approximate surface area is 151 Å². The molecule has 0 atom stereocenters. The zero-order chi connectivity index (χ0) is 18.4. The van der Waals surface area contributed by atoms with Crippen LogP contribution < -0.4 is 10.2 Å². The van der Waals surface area contributed by atoms with Crippen LogP contribution in [0.25, 0.3) is 0 Å². The molecule has 2 rings (SSSR count). The number of rotatable bonds is 8. The minimum Gasteiger partial charge on any atom is -0.346 e. The van der Waals surface area contributed by atoms with Crippen LogP contribution in [0.3, 0.4) is 0 Å². The monoisotopic (exact) mass is 343 g/mol. The molecule has 2 aromatic rings. The molecule has 0 aliphatic carbocycles. The summed E-state index contributed by atoms with van der Waals surface area (Å²) in [5.41, 5.74) is 3.78. The zero-order valence-electron chi connectivity index (χ0n) is 16.1. The van der Waals surface area contributed by atoms with E-state index in [4.69, 9.17) is 5.10 Å². The molecule has 1 aromatic carbocycles. The first-order valence-corrected chi connectivity index (χ1v) is 9.06. The molecule has 25 heavy (non-hydrogen) atoms. The number of aromatic nitrogens is 2. The molecule has 0 saturated carbocycles. The third-order valence-electron chi connectivity index (χ3n) is 4.19. The fourth-order valence-corrected chi connectivity index (χ4v) is 2.86. The molecule has 0 fully saturated rings. The highest BCUT2D eigenvalue weighted by Gasteiger charge is 2.21. The second kappa shape index (κ2) is 8.81. The predicted octanol–water partition coefficient (Wildman–Crippen LogP) is 1.31. The van der Waals surface area contributed by atoms with Crippen molar-refractivity contribution in [3.05, 3.63) is 52.8 Å². The summed E-state index contributed by atoms with van der Waals surface area (Å²) in [5.74, 6) is 0.450. The Morgan fingerprint density at radius 1 is 1.24 bits per heavy atom. The SMILES string of the molecule is Cc1c(C(=O)NCC[NH+](C)C)c(CC(C)C)nn1Cc1ccccc1. The molecule has 0 aliphatic rings. The average molecular weight is 343 g/mol. The number of benzene rings is 1. The summed E-state index contributed by atoms with van der Waals surface area (Å²) in [4.78, 5) is 14.1. The molecule has 1 heterocycles. The van der Waals surface area contributed by atoms with E-state index in [1.165, 1.54) is 10.5 Å². The summed E-state index contributed by atoms with van der Waals surface area (Å²) in [6, 6.07) is 10.2. The number of hydrogen-bond donors (Lipinski definition) is 2. The number of carbonyl (C=O) groups is 1. The maximum atomic E-state index is 12.7. The van der Waals surface area contributed by atoms with Crippen LogP contribution in [0.5, 0.6) is 0 Å². The molecule has 0 spiro atoms. The van der Waals surface area contributed by atoms with E-state index in [-0.39, 0.29) is 5.91 Å². The molecule has 5 heteroatoms. The zero-order valence-corrected chi connectivity index (χ0v) is 16.1. The first kappa shape index (κ1) is 19.2. The summed E-state index contributed by atoms with van der Waals surface area (Å²) >= 11 is 0. The van der Waals surface area contributed by atoms with Gasteiger partial charge in [-0.1, -0.05) is 44.2 Å². The van der Waals surface area contributed by atoms with Gasteiger partial charge in [-0.05, 0) is 24.8 Å². The van der Waals surface area contributed by atoms with Gasteiger partial charge in [0.05, 0.1) is 45.0 Å². The highest BCUT2D eigenvalue weighted by Crippen LogP contribution is 2.18. The number of likely N-dealkylation sites (N-methyl/N-ethyl adjacent to an activating group) is 1. The lowest BCUT2D eigenvalue weighted by atomic mass is 10.0. The third-order valence-corrected chi connectivity index (χ3v) is 4.19. The van der Waals surface area contributed by atoms with Gasteiger partial charge in [0.25, 0.3) is 5.91 Å². The second-order valence-corrected chi connectivity index (χ2v) is 7.36. The Balaban J connectivity index is 2.24. The average Bonchev–Trinajstić information content (AvgIpc) is 2.82. The smallest absolute Gasteiger partial charge is 0.255 e. The van der Waals surface area contributed by atoms with Gasteiger partial charge in [0, 0.05) is 5.69 Å². The van der Waals surface area contributed by atoms with Gasteiger partial charge in [0.2, 0.25) is 0 Å². The van der Waals surface area contributed by atoms with Gasteiger partial charge < -0.3 is 10.2 Å². The van der Waals surface area contributed by atoms with E-state index >= 15 is 0 Å². The normalized spacial score (nSPS) is 11.3. The predicted molar refractivity (Wildman–Crippen MR) is 101 cm³/mol. The summed E-state index contributed by atoms with van der Waals surface area (Å²) in [6.07, 6.45) is 0.810. The van der Waals surface area contributed by atoms with Crippen molar-refractivity contribution in [1.29, 1.82) is 0 Å². The topological polar surface area (TPSA) is 51.4 Å². The van der Waals surface area contributed by atoms with Gasteiger partial charge in [0.1, 0.15) is 0 Å². The van der Waals surface area contributed by atoms with Gasteiger partial charge in [-0.25, -0.2) is 0 Å². The molecule has 1 amide bonds. The van der Waals surface area contributed by atoms with Crippen molar-refractivity contribution in [2.75, 3.05) is 27.2 Å². The van der Waals surface area contributed by atoms with Crippen molar-refractivity contribution in [1.82, 2.24) is 15.1 Å². The van der Waals surface area contributed by atoms with Crippen molar-refractivity contribution < 1.29 is 9.69 Å². The lowest BCUT2D eigenvalue weighted by molar-refractivity contribution is -0.856. The number of hydrogen-bond acceptors (Lipinski definition) is 2. The summed E-state index contributed by atoms with van der Waals surface area (Å²) in [6.45, 7) is 8.57. The van der Waals surface area contributed by atoms with Gasteiger partial charge in [-0.15, -0.1) is 0 Å². The Morgan fingerprint density at radius 2 is 1.92 bits per heavy atom. The first-order valence-electron chi connectivity index (χ1n) is 9.06. The van der Waals surface area contributed by atoms with Gasteiger partial charge in [0.15, 0.2) is 0 Å². The molecule has 2 N–H and O–H groups in total. The van der Waals surface area contributed by atoms with Crippen LogP contribution in [0, 0.1) is 12.8 Å². The van der Waals surface area contributed by atoms with Crippen molar-refractivity contribution in [2.24, 2.45) is 5.92 Å². The number of nitrogens with zero attached hydrogens (tertiary/aromatic N) is 2. The minimum absolute atomic E-state index is 0.00582. The maximum absolute atomic E-state index is 12.7. The number of quaternary nitrogens is 1. The van der Waals surface area contributed by atoms with E-state index in [9.17, 15) is 4.79 Å². The summed E-state index contributed by atoms with van der Waals surface area (Å²) in [5, 5.41) is 7.81. The number of amides is 1. The minimum atomic E-state index is -0.00582. The van der Waals surface area contributed by atoms with Crippen molar-refractivity contribution >= 4 is 5.91 Å². The number of nitrogens with one attached hydrogen (secondary N) is 2. The van der Waals surface area contributed by atoms with E-state index in [2.05, 4.69) is 45.4 Å². The molecule has 136 valence electrons. The van der Waals surface area contributed by atoms with E-state index < -0.39 is 0 Å². The van der Waals surface area contributed by atoms with Crippen LogP contribution in [0.1, 0.15) is 41.2 Å². The molecule has 0 unspecified atom stereocenters. The summed E-state index contributed by atoms with van der Waals surface area (Å²) < 4.78 is 1.96. The third kappa shape index (κ3) is 5.43. The molecule has 5 nitrogen and oxygen atoms in total. The molecule has 0 bridgehead atoms. The Hall–Kier alpha value is -2.14. The van der Waals surface area contributed by atoms with Gasteiger partial charge in [-0.3, -0.25) is 9.48 Å². The highest BCUT2D eigenvalue weighted by atomic mass is 16.1. The fourth-order valence-electron chi connectivity index (χ4n) is 2.86. The first-order chi connectivity index (χ1) is 11.9. The van der Waals surface area contributed by atoms with E-state index in [0.29, 0.717) is 19.0 Å². The van der Waals surface area contributed by atoms with Crippen LogP contribution in [-0.4, -0.2) is 42.9 Å². The lowest BCUT2D eigenvalue weighted by Crippen LogP contribution is -3.06. The van der Waals surface area contributed by atoms with E-state index in [1.807, 2.05) is 29.8 Å². The van der Waals surface area contributed by atoms with Crippen LogP contribution in [0.2, 0.25) is 0 Å². The van der Waals surface area contributed by atoms with Crippen molar-refractivity contribution in [2.45, 2.75) is 33.7 Å². The van der Waals surface area contributed by atoms with E-state index in [1.54, 1.807) is 0 Å². The quantitative estimate of drug-likeness (QED) is 0.759. The van der Waals surface area contributed by atoms with Crippen LogP contribution in [0.4, 0.5) is 0 Å². The second-order valence-electron chi connectivity index (χ2n) is 7.36. The van der Waals surface area contributed by atoms with Crippen molar-refractivity contribution in [3.8, 4) is 0 Å².